The van der Waals surface area contributed by atoms with Gasteiger partial charge in [0.2, 0.25) is 0 Å². The lowest BCUT2D eigenvalue weighted by Gasteiger charge is -2.24. The van der Waals surface area contributed by atoms with Gasteiger partial charge in [-0.3, -0.25) is 4.79 Å². The van der Waals surface area contributed by atoms with E-state index in [9.17, 15) is 9.59 Å². The van der Waals surface area contributed by atoms with E-state index in [4.69, 9.17) is 14.2 Å². The Hall–Kier alpha value is -2.04. The molecule has 5 heteroatoms. The summed E-state index contributed by atoms with van der Waals surface area (Å²) < 4.78 is 14.9. The van der Waals surface area contributed by atoms with Crippen LogP contribution in [0.4, 0.5) is 4.79 Å². The van der Waals surface area contributed by atoms with Gasteiger partial charge < -0.3 is 14.2 Å². The highest BCUT2D eigenvalue weighted by Crippen LogP contribution is 2.32. The Morgan fingerprint density at radius 1 is 1.05 bits per heavy atom. The molecule has 0 aliphatic heterocycles. The molecule has 0 saturated heterocycles. The van der Waals surface area contributed by atoms with Gasteiger partial charge in [-0.15, -0.1) is 0 Å². The molecule has 0 radical (unpaired) electrons. The van der Waals surface area contributed by atoms with E-state index in [0.29, 0.717) is 17.9 Å². The number of carbonyl (C=O) groups excluding carboxylic acids is 2. The zero-order valence-electron chi connectivity index (χ0n) is 12.3. The summed E-state index contributed by atoms with van der Waals surface area (Å²) >= 11 is 0. The molecule has 1 aromatic rings. The van der Waals surface area contributed by atoms with Crippen LogP contribution in [0.5, 0.6) is 5.75 Å². The molecule has 1 rings (SSSR count). The van der Waals surface area contributed by atoms with E-state index in [-0.39, 0.29) is 12.6 Å². The first-order valence-electron chi connectivity index (χ1n) is 6.54. The SMILES string of the molecule is CCOC(=O)Oc1ccccc1C(C)(C)C(=O)OCC. The highest BCUT2D eigenvalue weighted by Gasteiger charge is 2.34. The predicted octanol–water partition coefficient (Wildman–Crippen LogP) is 3.06. The molecule has 0 heterocycles. The minimum Gasteiger partial charge on any atom is -0.465 e. The van der Waals surface area contributed by atoms with Crippen LogP contribution in [-0.2, 0) is 19.7 Å². The minimum absolute atomic E-state index is 0.224. The highest BCUT2D eigenvalue weighted by atomic mass is 16.7. The molecule has 0 aliphatic carbocycles. The van der Waals surface area contributed by atoms with Crippen molar-refractivity contribution in [1.82, 2.24) is 0 Å². The zero-order chi connectivity index (χ0) is 15.2. The fourth-order valence-electron chi connectivity index (χ4n) is 1.73. The van der Waals surface area contributed by atoms with Crippen molar-refractivity contribution in [2.75, 3.05) is 13.2 Å². The number of esters is 1. The maximum Gasteiger partial charge on any atom is 0.513 e. The van der Waals surface area contributed by atoms with Gasteiger partial charge in [0.05, 0.1) is 18.6 Å². The van der Waals surface area contributed by atoms with E-state index in [0.717, 1.165) is 0 Å². The zero-order valence-corrected chi connectivity index (χ0v) is 12.3. The second-order valence-corrected chi connectivity index (χ2v) is 4.63. The van der Waals surface area contributed by atoms with E-state index in [1.54, 1.807) is 52.0 Å². The van der Waals surface area contributed by atoms with Crippen LogP contribution in [-0.4, -0.2) is 25.3 Å². The Kier molecular flexibility index (Phi) is 5.55. The molecule has 0 aliphatic rings. The first kappa shape index (κ1) is 16.0. The molecule has 1 aromatic carbocycles. The van der Waals surface area contributed by atoms with E-state index in [1.807, 2.05) is 0 Å². The molecule has 110 valence electrons. The number of benzene rings is 1. The summed E-state index contributed by atoms with van der Waals surface area (Å²) in [5.41, 5.74) is -0.342. The molecule has 5 nitrogen and oxygen atoms in total. The third-order valence-corrected chi connectivity index (χ3v) is 2.80. The van der Waals surface area contributed by atoms with Crippen LogP contribution < -0.4 is 4.74 Å². The van der Waals surface area contributed by atoms with Crippen molar-refractivity contribution in [2.24, 2.45) is 0 Å². The number of carbonyl (C=O) groups is 2. The Morgan fingerprint density at radius 3 is 2.25 bits per heavy atom. The Labute approximate surface area is 118 Å². The summed E-state index contributed by atoms with van der Waals surface area (Å²) in [6, 6.07) is 6.84. The molecule has 0 unspecified atom stereocenters. The Bertz CT molecular complexity index is 479. The molecule has 0 aromatic heterocycles. The largest absolute Gasteiger partial charge is 0.513 e. The fraction of sp³-hybridized carbons (Fsp3) is 0.467. The maximum absolute atomic E-state index is 12.0. The number of hydrogen-bond donors (Lipinski definition) is 0. The van der Waals surface area contributed by atoms with Crippen LogP contribution in [0.25, 0.3) is 0 Å². The lowest BCUT2D eigenvalue weighted by molar-refractivity contribution is -0.148. The number of para-hydroxylation sites is 1. The van der Waals surface area contributed by atoms with Crippen molar-refractivity contribution >= 4 is 12.1 Å². The van der Waals surface area contributed by atoms with Crippen LogP contribution in [0.1, 0.15) is 33.3 Å². The molecule has 0 amide bonds. The van der Waals surface area contributed by atoms with Crippen molar-refractivity contribution in [3.05, 3.63) is 29.8 Å². The topological polar surface area (TPSA) is 61.8 Å². The van der Waals surface area contributed by atoms with Gasteiger partial charge >= 0.3 is 12.1 Å². The number of rotatable bonds is 5. The van der Waals surface area contributed by atoms with Gasteiger partial charge in [-0.25, -0.2) is 4.79 Å². The molecule has 0 spiro atoms. The average molecular weight is 280 g/mol. The van der Waals surface area contributed by atoms with Gasteiger partial charge in [0.25, 0.3) is 0 Å². The van der Waals surface area contributed by atoms with Crippen LogP contribution in [0, 0.1) is 0 Å². The van der Waals surface area contributed by atoms with Gasteiger partial charge in [0.1, 0.15) is 5.75 Å². The van der Waals surface area contributed by atoms with Gasteiger partial charge in [-0.2, -0.15) is 0 Å². The smallest absolute Gasteiger partial charge is 0.465 e. The highest BCUT2D eigenvalue weighted by molar-refractivity contribution is 5.83. The van der Waals surface area contributed by atoms with Gasteiger partial charge in [-0.05, 0) is 33.8 Å². The lowest BCUT2D eigenvalue weighted by atomic mass is 9.84. The van der Waals surface area contributed by atoms with Crippen molar-refractivity contribution in [1.29, 1.82) is 0 Å². The number of hydrogen-bond acceptors (Lipinski definition) is 5. The lowest BCUT2D eigenvalue weighted by Crippen LogP contribution is -2.32. The summed E-state index contributed by atoms with van der Waals surface area (Å²) in [7, 11) is 0. The van der Waals surface area contributed by atoms with Crippen LogP contribution in [0.3, 0.4) is 0 Å². The van der Waals surface area contributed by atoms with Gasteiger partial charge in [0.15, 0.2) is 0 Å². The summed E-state index contributed by atoms with van der Waals surface area (Å²) in [4.78, 5) is 23.5. The monoisotopic (exact) mass is 280 g/mol. The third kappa shape index (κ3) is 3.73. The van der Waals surface area contributed by atoms with Crippen LogP contribution in [0.2, 0.25) is 0 Å². The third-order valence-electron chi connectivity index (χ3n) is 2.80. The summed E-state index contributed by atoms with van der Waals surface area (Å²) in [6.07, 6.45) is -0.792. The van der Waals surface area contributed by atoms with Crippen molar-refractivity contribution in [3.63, 3.8) is 0 Å². The van der Waals surface area contributed by atoms with E-state index in [1.165, 1.54) is 0 Å². The summed E-state index contributed by atoms with van der Waals surface area (Å²) in [5, 5.41) is 0. The molecular weight excluding hydrogens is 260 g/mol. The number of ether oxygens (including phenoxy) is 3. The van der Waals surface area contributed by atoms with E-state index < -0.39 is 11.6 Å². The van der Waals surface area contributed by atoms with Gasteiger partial charge in [-0.1, -0.05) is 18.2 Å². The Morgan fingerprint density at radius 2 is 1.65 bits per heavy atom. The fourth-order valence-corrected chi connectivity index (χ4v) is 1.73. The summed E-state index contributed by atoms with van der Waals surface area (Å²) in [6.45, 7) is 7.40. The van der Waals surface area contributed by atoms with Crippen LogP contribution >= 0.6 is 0 Å². The van der Waals surface area contributed by atoms with Crippen molar-refractivity contribution in [2.45, 2.75) is 33.1 Å². The van der Waals surface area contributed by atoms with Crippen molar-refractivity contribution in [3.8, 4) is 5.75 Å². The second-order valence-electron chi connectivity index (χ2n) is 4.63. The Balaban J connectivity index is 3.05. The second kappa shape index (κ2) is 6.93. The van der Waals surface area contributed by atoms with Crippen LogP contribution in [0.15, 0.2) is 24.3 Å². The van der Waals surface area contributed by atoms with Crippen molar-refractivity contribution < 1.29 is 23.8 Å². The first-order chi connectivity index (χ1) is 9.43. The summed E-state index contributed by atoms with van der Waals surface area (Å²) in [5.74, 6) is -0.0797. The molecule has 0 N–H and O–H groups in total. The van der Waals surface area contributed by atoms with Gasteiger partial charge in [0, 0.05) is 5.56 Å². The first-order valence-corrected chi connectivity index (χ1v) is 6.54. The predicted molar refractivity (Wildman–Crippen MR) is 73.8 cm³/mol. The van der Waals surface area contributed by atoms with E-state index >= 15 is 0 Å². The van der Waals surface area contributed by atoms with E-state index in [2.05, 4.69) is 0 Å². The maximum atomic E-state index is 12.0. The molecule has 0 atom stereocenters. The normalized spacial score (nSPS) is 10.8. The molecular formula is C15H20O5. The quantitative estimate of drug-likeness (QED) is 0.612. The molecule has 0 fully saturated rings. The standard InChI is InChI=1S/C15H20O5/c1-5-18-13(16)15(3,4)11-9-7-8-10-12(11)20-14(17)19-6-2/h7-10H,5-6H2,1-4H3. The molecule has 0 bridgehead atoms. The molecule has 20 heavy (non-hydrogen) atoms. The average Bonchev–Trinajstić information content (AvgIpc) is 2.39. The molecule has 0 saturated carbocycles. The minimum atomic E-state index is -0.918.